The van der Waals surface area contributed by atoms with E-state index in [2.05, 4.69) is 32.3 Å². The summed E-state index contributed by atoms with van der Waals surface area (Å²) in [5, 5.41) is 4.00. The van der Waals surface area contributed by atoms with Crippen LogP contribution in [-0.2, 0) is 17.8 Å². The van der Waals surface area contributed by atoms with Gasteiger partial charge in [0.1, 0.15) is 12.4 Å². The van der Waals surface area contributed by atoms with E-state index in [-0.39, 0.29) is 24.3 Å². The molecule has 0 aliphatic rings. The lowest BCUT2D eigenvalue weighted by molar-refractivity contribution is -0.132. The van der Waals surface area contributed by atoms with Gasteiger partial charge in [-0.15, -0.1) is 0 Å². The van der Waals surface area contributed by atoms with Crippen molar-refractivity contribution in [3.8, 4) is 0 Å². The van der Waals surface area contributed by atoms with Crippen LogP contribution < -0.4 is 5.32 Å². The highest BCUT2D eigenvalue weighted by Gasteiger charge is 2.22. The first-order valence-corrected chi connectivity index (χ1v) is 13.1. The van der Waals surface area contributed by atoms with Gasteiger partial charge in [-0.2, -0.15) is 0 Å². The number of hydrogen-bond donors (Lipinski definition) is 2. The van der Waals surface area contributed by atoms with E-state index in [4.69, 9.17) is 0 Å². The number of fused-ring (bicyclic) bond motifs is 1. The van der Waals surface area contributed by atoms with Crippen molar-refractivity contribution < 1.29 is 14.0 Å². The number of rotatable bonds is 10. The highest BCUT2D eigenvalue weighted by molar-refractivity contribution is 9.10. The zero-order valence-corrected chi connectivity index (χ0v) is 22.3. The second-order valence-electron chi connectivity index (χ2n) is 8.91. The molecular formula is C29H30BrFN4O2. The Balaban J connectivity index is 1.49. The van der Waals surface area contributed by atoms with Crippen molar-refractivity contribution in [3.05, 3.63) is 100 Å². The van der Waals surface area contributed by atoms with Gasteiger partial charge >= 0.3 is 6.03 Å². The van der Waals surface area contributed by atoms with Crippen LogP contribution in [0.2, 0.25) is 0 Å². The van der Waals surface area contributed by atoms with Crippen LogP contribution in [0.4, 0.5) is 14.9 Å². The number of carbonyl (C=O) groups excluding carboxylic acids is 2. The lowest BCUT2D eigenvalue weighted by Gasteiger charge is -2.28. The average Bonchev–Trinajstić information content (AvgIpc) is 3.31. The lowest BCUT2D eigenvalue weighted by atomic mass is 10.1. The molecule has 6 nitrogen and oxygen atoms in total. The quantitative estimate of drug-likeness (QED) is 0.228. The zero-order valence-electron chi connectivity index (χ0n) is 20.7. The maximum absolute atomic E-state index is 13.5. The third-order valence-electron chi connectivity index (χ3n) is 6.17. The maximum Gasteiger partial charge on any atom is 0.322 e. The third-order valence-corrected chi connectivity index (χ3v) is 6.70. The molecule has 4 rings (SSSR count). The Morgan fingerprint density at radius 2 is 1.68 bits per heavy atom. The van der Waals surface area contributed by atoms with Crippen LogP contribution in [0.25, 0.3) is 10.9 Å². The second kappa shape index (κ2) is 12.5. The summed E-state index contributed by atoms with van der Waals surface area (Å²) in [7, 11) is 0. The molecule has 0 radical (unpaired) electrons. The summed E-state index contributed by atoms with van der Waals surface area (Å²) in [5.41, 5.74) is 3.65. The standard InChI is InChI=1S/C29H30BrFN4O2/c1-2-16-35(29(37)33-25-13-9-23(30)10-14-25)20-28(36)34(19-21-7-11-24(31)12-8-21)17-15-22-18-32-27-6-4-3-5-26(22)27/h3-14,18,32H,2,15-17,19-20H2,1H3,(H,33,37). The van der Waals surface area contributed by atoms with Crippen molar-refractivity contribution in [1.29, 1.82) is 0 Å². The molecule has 37 heavy (non-hydrogen) atoms. The molecule has 0 aliphatic heterocycles. The fraction of sp³-hybridized carbons (Fsp3) is 0.241. The van der Waals surface area contributed by atoms with E-state index >= 15 is 0 Å². The van der Waals surface area contributed by atoms with E-state index in [0.717, 1.165) is 26.5 Å². The molecule has 0 atom stereocenters. The molecule has 0 spiro atoms. The molecule has 0 unspecified atom stereocenters. The van der Waals surface area contributed by atoms with Gasteiger partial charge in [0, 0.05) is 46.9 Å². The number of hydrogen-bond acceptors (Lipinski definition) is 2. The maximum atomic E-state index is 13.5. The number of nitrogens with one attached hydrogen (secondary N) is 2. The fourth-order valence-electron chi connectivity index (χ4n) is 4.22. The highest BCUT2D eigenvalue weighted by Crippen LogP contribution is 2.19. The number of aromatic amines is 1. The van der Waals surface area contributed by atoms with Crippen molar-refractivity contribution in [3.63, 3.8) is 0 Å². The third kappa shape index (κ3) is 7.20. The second-order valence-corrected chi connectivity index (χ2v) is 9.83. The Morgan fingerprint density at radius 3 is 2.41 bits per heavy atom. The molecule has 0 aliphatic carbocycles. The van der Waals surface area contributed by atoms with Gasteiger partial charge in [-0.05, 0) is 66.4 Å². The van der Waals surface area contributed by atoms with Crippen molar-refractivity contribution in [1.82, 2.24) is 14.8 Å². The van der Waals surface area contributed by atoms with Crippen LogP contribution in [0.5, 0.6) is 0 Å². The smallest absolute Gasteiger partial charge is 0.322 e. The molecule has 3 amide bonds. The number of carbonyl (C=O) groups is 2. The minimum atomic E-state index is -0.323. The first-order chi connectivity index (χ1) is 17.9. The molecule has 1 heterocycles. The lowest BCUT2D eigenvalue weighted by Crippen LogP contribution is -2.45. The number of nitrogens with zero attached hydrogens (tertiary/aromatic N) is 2. The Hall–Kier alpha value is -3.65. The molecule has 0 saturated carbocycles. The number of halogens is 2. The Kier molecular flexibility index (Phi) is 8.95. The number of urea groups is 1. The molecule has 0 saturated heterocycles. The predicted octanol–water partition coefficient (Wildman–Crippen LogP) is 6.58. The van der Waals surface area contributed by atoms with Gasteiger partial charge in [-0.1, -0.05) is 53.2 Å². The van der Waals surface area contributed by atoms with E-state index in [9.17, 15) is 14.0 Å². The van der Waals surface area contributed by atoms with Crippen LogP contribution in [0.3, 0.4) is 0 Å². The van der Waals surface area contributed by atoms with Gasteiger partial charge in [0.15, 0.2) is 0 Å². The van der Waals surface area contributed by atoms with Crippen molar-refractivity contribution >= 4 is 44.5 Å². The molecule has 4 aromatic rings. The molecule has 1 aromatic heterocycles. The van der Waals surface area contributed by atoms with E-state index in [1.54, 1.807) is 29.2 Å². The largest absolute Gasteiger partial charge is 0.361 e. The van der Waals surface area contributed by atoms with Gasteiger partial charge in [0.05, 0.1) is 0 Å². The van der Waals surface area contributed by atoms with Crippen molar-refractivity contribution in [2.45, 2.75) is 26.3 Å². The van der Waals surface area contributed by atoms with Crippen molar-refractivity contribution in [2.24, 2.45) is 0 Å². The van der Waals surface area contributed by atoms with Crippen LogP contribution in [0.1, 0.15) is 24.5 Å². The average molecular weight is 565 g/mol. The van der Waals surface area contributed by atoms with Crippen molar-refractivity contribution in [2.75, 3.05) is 25.0 Å². The molecule has 2 N–H and O–H groups in total. The highest BCUT2D eigenvalue weighted by atomic mass is 79.9. The summed E-state index contributed by atoms with van der Waals surface area (Å²) >= 11 is 3.39. The number of anilines is 1. The molecule has 8 heteroatoms. The molecule has 0 fully saturated rings. The Morgan fingerprint density at radius 1 is 0.946 bits per heavy atom. The van der Waals surface area contributed by atoms with E-state index < -0.39 is 0 Å². The first-order valence-electron chi connectivity index (χ1n) is 12.3. The topological polar surface area (TPSA) is 68.4 Å². The summed E-state index contributed by atoms with van der Waals surface area (Å²) in [4.78, 5) is 33.1. The fourth-order valence-corrected chi connectivity index (χ4v) is 4.48. The number of aromatic nitrogens is 1. The summed E-state index contributed by atoms with van der Waals surface area (Å²) in [6.07, 6.45) is 3.34. The van der Waals surface area contributed by atoms with Gasteiger partial charge in [0.25, 0.3) is 0 Å². The summed E-state index contributed by atoms with van der Waals surface area (Å²) in [6, 6.07) is 21.2. The summed E-state index contributed by atoms with van der Waals surface area (Å²) in [6.45, 7) is 3.16. The minimum absolute atomic E-state index is 0.0503. The zero-order chi connectivity index (χ0) is 26.2. The Bertz CT molecular complexity index is 1340. The van der Waals surface area contributed by atoms with Gasteiger partial charge < -0.3 is 20.1 Å². The number of H-pyrrole nitrogens is 1. The van der Waals surface area contributed by atoms with Crippen LogP contribution in [-0.4, -0.2) is 46.4 Å². The summed E-state index contributed by atoms with van der Waals surface area (Å²) in [5.74, 6) is -0.484. The predicted molar refractivity (Wildman–Crippen MR) is 149 cm³/mol. The van der Waals surface area contributed by atoms with E-state index in [1.807, 2.05) is 43.5 Å². The molecule has 3 aromatic carbocycles. The summed E-state index contributed by atoms with van der Waals surface area (Å²) < 4.78 is 14.4. The minimum Gasteiger partial charge on any atom is -0.361 e. The molecular weight excluding hydrogens is 535 g/mol. The van der Waals surface area contributed by atoms with Crippen LogP contribution >= 0.6 is 15.9 Å². The molecule has 192 valence electrons. The SMILES string of the molecule is CCCN(CC(=O)N(CCc1c[nH]c2ccccc12)Cc1ccc(F)cc1)C(=O)Nc1ccc(Br)cc1. The first kappa shape index (κ1) is 26.4. The van der Waals surface area contributed by atoms with Gasteiger partial charge in [0.2, 0.25) is 5.91 Å². The van der Waals surface area contributed by atoms with Crippen LogP contribution in [0.15, 0.2) is 83.5 Å². The van der Waals surface area contributed by atoms with Gasteiger partial charge in [-0.25, -0.2) is 9.18 Å². The number of para-hydroxylation sites is 1. The number of amides is 3. The molecule has 0 bridgehead atoms. The Labute approximate surface area is 224 Å². The number of benzene rings is 3. The van der Waals surface area contributed by atoms with Crippen LogP contribution in [0, 0.1) is 5.82 Å². The van der Waals surface area contributed by atoms with E-state index in [1.165, 1.54) is 17.0 Å². The van der Waals surface area contributed by atoms with Gasteiger partial charge in [-0.3, -0.25) is 4.79 Å². The van der Waals surface area contributed by atoms with E-state index in [0.29, 0.717) is 38.2 Å². The monoisotopic (exact) mass is 564 g/mol. The normalized spacial score (nSPS) is 10.9.